The molecule has 0 saturated carbocycles. The molecule has 15 heavy (non-hydrogen) atoms. The van der Waals surface area contributed by atoms with Gasteiger partial charge in [-0.25, -0.2) is 4.98 Å². The van der Waals surface area contributed by atoms with Gasteiger partial charge in [0.1, 0.15) is 5.82 Å². The summed E-state index contributed by atoms with van der Waals surface area (Å²) in [7, 11) is 2.12. The van der Waals surface area contributed by atoms with Gasteiger partial charge in [-0.3, -0.25) is 0 Å². The molecule has 1 aromatic heterocycles. The lowest BCUT2D eigenvalue weighted by Gasteiger charge is -2.32. The summed E-state index contributed by atoms with van der Waals surface area (Å²) in [6.45, 7) is 2.21. The summed E-state index contributed by atoms with van der Waals surface area (Å²) in [5.41, 5.74) is 0. The van der Waals surface area contributed by atoms with Gasteiger partial charge in [0.15, 0.2) is 0 Å². The Morgan fingerprint density at radius 1 is 1.53 bits per heavy atom. The summed E-state index contributed by atoms with van der Waals surface area (Å²) in [5, 5.41) is 3.42. The highest BCUT2D eigenvalue weighted by molar-refractivity contribution is 9.10. The molecule has 4 heteroatoms. The van der Waals surface area contributed by atoms with Crippen LogP contribution < -0.4 is 10.2 Å². The molecule has 1 aliphatic heterocycles. The largest absolute Gasteiger partial charge is 0.355 e. The summed E-state index contributed by atoms with van der Waals surface area (Å²) in [4.78, 5) is 6.67. The lowest BCUT2D eigenvalue weighted by atomic mass is 10.1. The fourth-order valence-electron chi connectivity index (χ4n) is 1.93. The molecule has 1 atom stereocenters. The number of anilines is 1. The summed E-state index contributed by atoms with van der Waals surface area (Å²) in [6.07, 6.45) is 4.36. The van der Waals surface area contributed by atoms with E-state index in [2.05, 4.69) is 44.2 Å². The second-order valence-corrected chi connectivity index (χ2v) is 4.86. The molecule has 1 saturated heterocycles. The minimum atomic E-state index is 0.576. The van der Waals surface area contributed by atoms with Gasteiger partial charge in [-0.15, -0.1) is 0 Å². The van der Waals surface area contributed by atoms with E-state index in [1.165, 1.54) is 12.8 Å². The van der Waals surface area contributed by atoms with Crippen LogP contribution in [0.25, 0.3) is 0 Å². The van der Waals surface area contributed by atoms with E-state index in [-0.39, 0.29) is 0 Å². The molecule has 0 aliphatic carbocycles. The number of pyridine rings is 1. The van der Waals surface area contributed by atoms with Gasteiger partial charge in [0.05, 0.1) is 0 Å². The predicted molar refractivity (Wildman–Crippen MR) is 66.2 cm³/mol. The summed E-state index contributed by atoms with van der Waals surface area (Å²) in [5.74, 6) is 1.05. The number of hydrogen-bond acceptors (Lipinski definition) is 3. The molecule has 1 fully saturated rings. The minimum absolute atomic E-state index is 0.576. The van der Waals surface area contributed by atoms with E-state index >= 15 is 0 Å². The van der Waals surface area contributed by atoms with E-state index in [1.807, 2.05) is 12.3 Å². The Morgan fingerprint density at radius 3 is 3.00 bits per heavy atom. The van der Waals surface area contributed by atoms with Crippen LogP contribution in [0.1, 0.15) is 12.8 Å². The first-order valence-electron chi connectivity index (χ1n) is 5.32. The van der Waals surface area contributed by atoms with Crippen molar-refractivity contribution in [3.05, 3.63) is 22.8 Å². The van der Waals surface area contributed by atoms with Crippen molar-refractivity contribution >= 4 is 21.7 Å². The minimum Gasteiger partial charge on any atom is -0.355 e. The monoisotopic (exact) mass is 269 g/mol. The van der Waals surface area contributed by atoms with E-state index < -0.39 is 0 Å². The zero-order chi connectivity index (χ0) is 10.7. The van der Waals surface area contributed by atoms with Crippen molar-refractivity contribution in [1.29, 1.82) is 0 Å². The molecule has 0 radical (unpaired) electrons. The smallest absolute Gasteiger partial charge is 0.128 e. The Hall–Kier alpha value is -0.610. The molecule has 3 nitrogen and oxygen atoms in total. The fraction of sp³-hybridized carbons (Fsp3) is 0.545. The molecule has 0 bridgehead atoms. The summed E-state index contributed by atoms with van der Waals surface area (Å²) in [6, 6.07) is 4.67. The second-order valence-electron chi connectivity index (χ2n) is 3.95. The third kappa shape index (κ3) is 2.69. The zero-order valence-electron chi connectivity index (χ0n) is 8.91. The van der Waals surface area contributed by atoms with Crippen molar-refractivity contribution in [3.8, 4) is 0 Å². The van der Waals surface area contributed by atoms with Crippen LogP contribution in [-0.2, 0) is 0 Å². The Balaban J connectivity index is 2.05. The van der Waals surface area contributed by atoms with Crippen molar-refractivity contribution in [3.63, 3.8) is 0 Å². The number of halogens is 1. The number of nitrogens with zero attached hydrogens (tertiary/aromatic N) is 2. The van der Waals surface area contributed by atoms with Crippen LogP contribution in [0.2, 0.25) is 0 Å². The number of rotatable bonds is 2. The SMILES string of the molecule is CN(c1ccc(Br)cn1)C1CCCNC1. The van der Waals surface area contributed by atoms with Crippen molar-refractivity contribution < 1.29 is 0 Å². The van der Waals surface area contributed by atoms with Crippen molar-refractivity contribution in [1.82, 2.24) is 10.3 Å². The van der Waals surface area contributed by atoms with Crippen molar-refractivity contribution in [2.75, 3.05) is 25.0 Å². The molecule has 0 spiro atoms. The van der Waals surface area contributed by atoms with Crippen molar-refractivity contribution in [2.45, 2.75) is 18.9 Å². The normalized spacial score (nSPS) is 21.3. The maximum atomic E-state index is 4.40. The maximum absolute atomic E-state index is 4.40. The summed E-state index contributed by atoms with van der Waals surface area (Å²) < 4.78 is 1.03. The van der Waals surface area contributed by atoms with Gasteiger partial charge in [0.2, 0.25) is 0 Å². The van der Waals surface area contributed by atoms with E-state index in [4.69, 9.17) is 0 Å². The van der Waals surface area contributed by atoms with Crippen LogP contribution in [0.3, 0.4) is 0 Å². The highest BCUT2D eigenvalue weighted by Crippen LogP contribution is 2.18. The Bertz CT molecular complexity index is 306. The van der Waals surface area contributed by atoms with Crippen molar-refractivity contribution in [2.24, 2.45) is 0 Å². The number of likely N-dealkylation sites (N-methyl/N-ethyl adjacent to an activating group) is 1. The summed E-state index contributed by atoms with van der Waals surface area (Å²) >= 11 is 3.40. The van der Waals surface area contributed by atoms with E-state index in [1.54, 1.807) is 0 Å². The van der Waals surface area contributed by atoms with E-state index in [0.29, 0.717) is 6.04 Å². The first-order valence-corrected chi connectivity index (χ1v) is 6.12. The Kier molecular flexibility index (Phi) is 3.59. The van der Waals surface area contributed by atoms with E-state index in [9.17, 15) is 0 Å². The van der Waals surface area contributed by atoms with Crippen LogP contribution in [0.4, 0.5) is 5.82 Å². The molecule has 2 rings (SSSR count). The molecule has 1 aromatic rings. The molecule has 82 valence electrons. The average molecular weight is 270 g/mol. The van der Waals surface area contributed by atoms with Crippen LogP contribution in [-0.4, -0.2) is 31.2 Å². The topological polar surface area (TPSA) is 28.2 Å². The third-order valence-electron chi connectivity index (χ3n) is 2.89. The van der Waals surface area contributed by atoms with Crippen LogP contribution in [0.15, 0.2) is 22.8 Å². The quantitative estimate of drug-likeness (QED) is 0.891. The van der Waals surface area contributed by atoms with Gasteiger partial charge in [-0.05, 0) is 47.4 Å². The molecule has 2 heterocycles. The van der Waals surface area contributed by atoms with Gasteiger partial charge in [-0.1, -0.05) is 0 Å². The van der Waals surface area contributed by atoms with Crippen LogP contribution in [0.5, 0.6) is 0 Å². The van der Waals surface area contributed by atoms with E-state index in [0.717, 1.165) is 23.4 Å². The fourth-order valence-corrected chi connectivity index (χ4v) is 2.16. The van der Waals surface area contributed by atoms with Gasteiger partial charge in [0, 0.05) is 30.3 Å². The van der Waals surface area contributed by atoms with Gasteiger partial charge < -0.3 is 10.2 Å². The Labute approximate surface area is 99.0 Å². The standard InChI is InChI=1S/C11H16BrN3/c1-15(10-3-2-6-13-8-10)11-5-4-9(12)7-14-11/h4-5,7,10,13H,2-3,6,8H2,1H3. The number of piperidine rings is 1. The molecule has 0 amide bonds. The van der Waals surface area contributed by atoms with Crippen LogP contribution in [0, 0.1) is 0 Å². The lowest BCUT2D eigenvalue weighted by molar-refractivity contribution is 0.443. The van der Waals surface area contributed by atoms with Gasteiger partial charge >= 0.3 is 0 Å². The molecule has 1 unspecified atom stereocenters. The second kappa shape index (κ2) is 4.94. The van der Waals surface area contributed by atoms with Crippen LogP contribution >= 0.6 is 15.9 Å². The average Bonchev–Trinajstić information content (AvgIpc) is 2.30. The molecular weight excluding hydrogens is 254 g/mol. The first kappa shape index (κ1) is 10.9. The molecular formula is C11H16BrN3. The zero-order valence-corrected chi connectivity index (χ0v) is 10.5. The highest BCUT2D eigenvalue weighted by atomic mass is 79.9. The first-order chi connectivity index (χ1) is 7.27. The van der Waals surface area contributed by atoms with Gasteiger partial charge in [0.25, 0.3) is 0 Å². The molecule has 1 N–H and O–H groups in total. The number of hydrogen-bond donors (Lipinski definition) is 1. The third-order valence-corrected chi connectivity index (χ3v) is 3.36. The number of aromatic nitrogens is 1. The molecule has 1 aliphatic rings. The number of nitrogens with one attached hydrogen (secondary N) is 1. The van der Waals surface area contributed by atoms with Gasteiger partial charge in [-0.2, -0.15) is 0 Å². The molecule has 0 aromatic carbocycles. The lowest BCUT2D eigenvalue weighted by Crippen LogP contribution is -2.44. The Morgan fingerprint density at radius 2 is 2.40 bits per heavy atom. The highest BCUT2D eigenvalue weighted by Gasteiger charge is 2.18. The predicted octanol–water partition coefficient (Wildman–Crippen LogP) is 2.03. The maximum Gasteiger partial charge on any atom is 0.128 e.